The van der Waals surface area contributed by atoms with E-state index in [-0.39, 0.29) is 0 Å². The van der Waals surface area contributed by atoms with Gasteiger partial charge >= 0.3 is 5.97 Å². The smallest absolute Gasteiger partial charge is 0.322 e. The number of nitrogens with two attached hydrogens (primary N) is 1. The van der Waals surface area contributed by atoms with Crippen LogP contribution in [0.5, 0.6) is 0 Å². The van der Waals surface area contributed by atoms with Gasteiger partial charge in [-0.3, -0.25) is 9.69 Å². The number of piperazine rings is 1. The molecule has 0 saturated carbocycles. The third-order valence-electron chi connectivity index (χ3n) is 3.53. The minimum Gasteiger partial charge on any atom is -0.480 e. The molecule has 1 fully saturated rings. The van der Waals surface area contributed by atoms with Gasteiger partial charge in [0.2, 0.25) is 10.0 Å². The summed E-state index contributed by atoms with van der Waals surface area (Å²) in [6.45, 7) is 8.00. The van der Waals surface area contributed by atoms with Crippen molar-refractivity contribution in [1.29, 1.82) is 0 Å². The molecule has 0 radical (unpaired) electrons. The highest BCUT2D eigenvalue weighted by atomic mass is 32.2. The van der Waals surface area contributed by atoms with Gasteiger partial charge in [-0.2, -0.15) is 4.31 Å². The lowest BCUT2D eigenvalue weighted by atomic mass is 9.94. The number of rotatable bonds is 5. The first-order valence-electron chi connectivity index (χ1n) is 6.72. The highest BCUT2D eigenvalue weighted by molar-refractivity contribution is 7.89. The van der Waals surface area contributed by atoms with Crippen molar-refractivity contribution in [3.8, 4) is 0 Å². The van der Waals surface area contributed by atoms with E-state index in [1.807, 2.05) is 0 Å². The quantitative estimate of drug-likeness (QED) is 0.712. The molecule has 1 heterocycles. The Morgan fingerprint density at radius 3 is 1.95 bits per heavy atom. The summed E-state index contributed by atoms with van der Waals surface area (Å²) in [6, 6.07) is -0.814. The molecule has 0 bridgehead atoms. The maximum Gasteiger partial charge on any atom is 0.322 e. The maximum absolute atomic E-state index is 12.1. The van der Waals surface area contributed by atoms with Gasteiger partial charge in [0.05, 0.1) is 5.25 Å². The number of carbonyl (C=O) groups is 1. The largest absolute Gasteiger partial charge is 0.480 e. The van der Waals surface area contributed by atoms with E-state index in [2.05, 4.69) is 0 Å². The molecule has 0 spiro atoms. The van der Waals surface area contributed by atoms with Gasteiger partial charge in [0.15, 0.2) is 0 Å². The first-order valence-corrected chi connectivity index (χ1v) is 8.23. The Labute approximate surface area is 120 Å². The molecule has 0 aliphatic carbocycles. The van der Waals surface area contributed by atoms with E-state index in [1.54, 1.807) is 32.6 Å². The van der Waals surface area contributed by atoms with Crippen LogP contribution in [-0.2, 0) is 14.8 Å². The number of sulfonamides is 1. The molecule has 0 aromatic carbocycles. The minimum atomic E-state index is -3.28. The number of hydrogen-bond acceptors (Lipinski definition) is 5. The van der Waals surface area contributed by atoms with Crippen molar-refractivity contribution in [3.05, 3.63) is 0 Å². The Hall–Kier alpha value is -0.700. The van der Waals surface area contributed by atoms with Crippen molar-refractivity contribution in [2.24, 2.45) is 5.73 Å². The summed E-state index contributed by atoms with van der Waals surface area (Å²) >= 11 is 0. The Morgan fingerprint density at radius 2 is 1.65 bits per heavy atom. The van der Waals surface area contributed by atoms with Crippen LogP contribution in [0, 0.1) is 0 Å². The topological polar surface area (TPSA) is 104 Å². The molecule has 8 heteroatoms. The molecule has 0 aromatic rings. The molecule has 3 N–H and O–H groups in total. The van der Waals surface area contributed by atoms with Crippen molar-refractivity contribution in [2.75, 3.05) is 26.2 Å². The lowest BCUT2D eigenvalue weighted by Gasteiger charge is -2.42. The Morgan fingerprint density at radius 1 is 1.20 bits per heavy atom. The predicted octanol–water partition coefficient (Wildman–Crippen LogP) is -0.467. The molecule has 1 saturated heterocycles. The lowest BCUT2D eigenvalue weighted by molar-refractivity contribution is -0.146. The van der Waals surface area contributed by atoms with Crippen molar-refractivity contribution in [1.82, 2.24) is 9.21 Å². The van der Waals surface area contributed by atoms with Crippen LogP contribution in [0.2, 0.25) is 0 Å². The molecule has 0 amide bonds. The monoisotopic (exact) mass is 307 g/mol. The standard InChI is InChI=1S/C12H25N3O4S/c1-9(2)20(18,19)15-7-5-14(6-8-15)10(11(16)17)12(3,4)13/h9-10H,5-8,13H2,1-4H3,(H,16,17)/t10-/m1/s1. The van der Waals surface area contributed by atoms with Crippen molar-refractivity contribution < 1.29 is 18.3 Å². The molecule has 1 aliphatic heterocycles. The van der Waals surface area contributed by atoms with Gasteiger partial charge in [-0.05, 0) is 27.7 Å². The molecule has 20 heavy (non-hydrogen) atoms. The van der Waals surface area contributed by atoms with Crippen LogP contribution < -0.4 is 5.73 Å². The SMILES string of the molecule is CC(C)S(=O)(=O)N1CCN([C@H](C(=O)O)C(C)(C)N)CC1. The van der Waals surface area contributed by atoms with Gasteiger partial charge in [-0.25, -0.2) is 8.42 Å². The van der Waals surface area contributed by atoms with Crippen LogP contribution >= 0.6 is 0 Å². The molecular formula is C12H25N3O4S. The van der Waals surface area contributed by atoms with Gasteiger partial charge in [0.1, 0.15) is 6.04 Å². The van der Waals surface area contributed by atoms with E-state index in [1.165, 1.54) is 4.31 Å². The maximum atomic E-state index is 12.1. The fourth-order valence-electron chi connectivity index (χ4n) is 2.46. The second-order valence-electron chi connectivity index (χ2n) is 6.09. The zero-order valence-corrected chi connectivity index (χ0v) is 13.4. The van der Waals surface area contributed by atoms with Gasteiger partial charge < -0.3 is 10.8 Å². The summed E-state index contributed by atoms with van der Waals surface area (Å²) < 4.78 is 25.5. The molecule has 0 aromatic heterocycles. The number of carboxylic acids is 1. The number of nitrogens with zero attached hydrogens (tertiary/aromatic N) is 2. The predicted molar refractivity (Wildman–Crippen MR) is 76.9 cm³/mol. The van der Waals surface area contributed by atoms with Crippen molar-refractivity contribution in [3.63, 3.8) is 0 Å². The summed E-state index contributed by atoms with van der Waals surface area (Å²) in [7, 11) is -3.28. The van der Waals surface area contributed by atoms with E-state index in [0.29, 0.717) is 26.2 Å². The third-order valence-corrected chi connectivity index (χ3v) is 5.81. The highest BCUT2D eigenvalue weighted by Gasteiger charge is 2.40. The second-order valence-corrected chi connectivity index (χ2v) is 8.58. The number of hydrogen-bond donors (Lipinski definition) is 2. The zero-order chi connectivity index (χ0) is 15.7. The average molecular weight is 307 g/mol. The molecule has 0 unspecified atom stereocenters. The summed E-state index contributed by atoms with van der Waals surface area (Å²) in [5.74, 6) is -0.974. The minimum absolute atomic E-state index is 0.306. The fraction of sp³-hybridized carbons (Fsp3) is 0.917. The molecule has 1 rings (SSSR count). The molecular weight excluding hydrogens is 282 g/mol. The zero-order valence-electron chi connectivity index (χ0n) is 12.5. The van der Waals surface area contributed by atoms with Crippen LogP contribution in [0.3, 0.4) is 0 Å². The summed E-state index contributed by atoms with van der Waals surface area (Å²) in [6.07, 6.45) is 0. The van der Waals surface area contributed by atoms with Gasteiger partial charge in [0.25, 0.3) is 0 Å². The van der Waals surface area contributed by atoms with Crippen molar-refractivity contribution in [2.45, 2.75) is 44.5 Å². The lowest BCUT2D eigenvalue weighted by Crippen LogP contribution is -2.63. The van der Waals surface area contributed by atoms with Crippen LogP contribution in [0.15, 0.2) is 0 Å². The van der Waals surface area contributed by atoms with Gasteiger partial charge in [0, 0.05) is 31.7 Å². The van der Waals surface area contributed by atoms with Crippen molar-refractivity contribution >= 4 is 16.0 Å². The van der Waals surface area contributed by atoms with Gasteiger partial charge in [-0.15, -0.1) is 0 Å². The third kappa shape index (κ3) is 3.69. The van der Waals surface area contributed by atoms with Gasteiger partial charge in [-0.1, -0.05) is 0 Å². The molecule has 118 valence electrons. The van der Waals surface area contributed by atoms with E-state index in [9.17, 15) is 18.3 Å². The Kier molecular flexibility index (Phi) is 5.18. The normalized spacial score (nSPS) is 21.1. The number of aliphatic carboxylic acids is 1. The van der Waals surface area contributed by atoms with Crippen LogP contribution in [0.25, 0.3) is 0 Å². The Bertz CT molecular complexity index is 448. The van der Waals surface area contributed by atoms with Crippen LogP contribution in [0.4, 0.5) is 0 Å². The van der Waals surface area contributed by atoms with E-state index < -0.39 is 32.8 Å². The summed E-state index contributed by atoms with van der Waals surface area (Å²) in [5.41, 5.74) is 5.04. The molecule has 1 atom stereocenters. The first kappa shape index (κ1) is 17.4. The average Bonchev–Trinajstić information content (AvgIpc) is 2.27. The first-order chi connectivity index (χ1) is 8.98. The fourth-order valence-corrected chi connectivity index (χ4v) is 3.73. The summed E-state index contributed by atoms with van der Waals surface area (Å²) in [4.78, 5) is 13.1. The Balaban J connectivity index is 2.78. The van der Waals surface area contributed by atoms with Crippen LogP contribution in [0.1, 0.15) is 27.7 Å². The summed E-state index contributed by atoms with van der Waals surface area (Å²) in [5, 5.41) is 8.86. The van der Waals surface area contributed by atoms with E-state index >= 15 is 0 Å². The molecule has 1 aliphatic rings. The molecule has 7 nitrogen and oxygen atoms in total. The van der Waals surface area contributed by atoms with E-state index in [4.69, 9.17) is 5.73 Å². The van der Waals surface area contributed by atoms with Crippen LogP contribution in [-0.4, -0.2) is 71.7 Å². The number of carboxylic acid groups (broad SMARTS) is 1. The van der Waals surface area contributed by atoms with E-state index in [0.717, 1.165) is 0 Å². The second kappa shape index (κ2) is 5.97. The highest BCUT2D eigenvalue weighted by Crippen LogP contribution is 2.18.